The molecule has 24 heavy (non-hydrogen) atoms. The summed E-state index contributed by atoms with van der Waals surface area (Å²) in [5.41, 5.74) is 0.863. The van der Waals surface area contributed by atoms with Crippen LogP contribution in [0.3, 0.4) is 0 Å². The molecule has 0 spiro atoms. The molecule has 3 rings (SSSR count). The molecule has 0 bridgehead atoms. The van der Waals surface area contributed by atoms with E-state index in [9.17, 15) is 0 Å². The highest BCUT2D eigenvalue weighted by Crippen LogP contribution is 2.41. The lowest BCUT2D eigenvalue weighted by molar-refractivity contribution is -0.1000. The van der Waals surface area contributed by atoms with Gasteiger partial charge in [-0.25, -0.2) is 0 Å². The molecule has 140 valence electrons. The first-order valence-electron chi connectivity index (χ1n) is 10.3. The van der Waals surface area contributed by atoms with Crippen molar-refractivity contribution >= 4 is 0 Å². The fourth-order valence-electron chi connectivity index (χ4n) is 4.84. The normalized spacial score (nSPS) is 26.5. The highest BCUT2D eigenvalue weighted by molar-refractivity contribution is 5.03. The molecular weight excluding hydrogens is 294 g/mol. The third-order valence-corrected chi connectivity index (χ3v) is 7.76. The van der Waals surface area contributed by atoms with Gasteiger partial charge in [0.1, 0.15) is 0 Å². The average Bonchev–Trinajstić information content (AvgIpc) is 2.28. The Bertz CT molecular complexity index is 424. The Hall–Kier alpha value is -0.120. The van der Waals surface area contributed by atoms with Crippen LogP contribution in [0.4, 0.5) is 0 Å². The zero-order valence-corrected chi connectivity index (χ0v) is 17.3. The van der Waals surface area contributed by atoms with Crippen molar-refractivity contribution in [2.24, 2.45) is 29.1 Å². The Kier molecular flexibility index (Phi) is 5.10. The van der Waals surface area contributed by atoms with Crippen LogP contribution >= 0.6 is 0 Å². The van der Waals surface area contributed by atoms with E-state index in [1.807, 2.05) is 0 Å². The molecule has 3 nitrogen and oxygen atoms in total. The molecule has 0 atom stereocenters. The molecule has 0 aromatic heterocycles. The van der Waals surface area contributed by atoms with Gasteiger partial charge in [-0.05, 0) is 43.6 Å². The molecule has 0 aromatic carbocycles. The predicted octanol–water partition coefficient (Wildman–Crippen LogP) is 3.26. The summed E-state index contributed by atoms with van der Waals surface area (Å²) in [7, 11) is 0. The number of likely N-dealkylation sites (tertiary alicyclic amines) is 3. The van der Waals surface area contributed by atoms with Gasteiger partial charge in [-0.2, -0.15) is 0 Å². The summed E-state index contributed by atoms with van der Waals surface area (Å²) in [5.74, 6) is 3.53. The van der Waals surface area contributed by atoms with E-state index in [1.165, 1.54) is 52.4 Å². The zero-order valence-electron chi connectivity index (χ0n) is 17.3. The molecule has 0 aliphatic carbocycles. The fraction of sp³-hybridized carbons (Fsp3) is 1.00. The SMILES string of the molecule is CCN1CC(C(C)(C)CN2CC(C(C)(C)N3CC(C(C)C)C3)C2)C1. The van der Waals surface area contributed by atoms with Gasteiger partial charge < -0.3 is 9.80 Å². The van der Waals surface area contributed by atoms with Gasteiger partial charge in [-0.3, -0.25) is 4.90 Å². The van der Waals surface area contributed by atoms with Crippen molar-refractivity contribution in [1.82, 2.24) is 14.7 Å². The number of nitrogens with zero attached hydrogens (tertiary/aromatic N) is 3. The van der Waals surface area contributed by atoms with Gasteiger partial charge in [0.25, 0.3) is 0 Å². The summed E-state index contributed by atoms with van der Waals surface area (Å²) >= 11 is 0. The summed E-state index contributed by atoms with van der Waals surface area (Å²) in [6.45, 7) is 27.4. The van der Waals surface area contributed by atoms with Crippen molar-refractivity contribution < 1.29 is 0 Å². The average molecular weight is 336 g/mol. The summed E-state index contributed by atoms with van der Waals surface area (Å²) in [6.07, 6.45) is 0. The van der Waals surface area contributed by atoms with Crippen molar-refractivity contribution in [3.63, 3.8) is 0 Å². The van der Waals surface area contributed by atoms with Gasteiger partial charge in [0.05, 0.1) is 0 Å². The Morgan fingerprint density at radius 1 is 0.833 bits per heavy atom. The molecule has 0 saturated carbocycles. The van der Waals surface area contributed by atoms with Crippen LogP contribution in [0.1, 0.15) is 48.5 Å². The fourth-order valence-corrected chi connectivity index (χ4v) is 4.84. The zero-order chi connectivity index (χ0) is 17.7. The van der Waals surface area contributed by atoms with E-state index in [0.29, 0.717) is 11.0 Å². The molecule has 0 N–H and O–H groups in total. The molecule has 3 fully saturated rings. The van der Waals surface area contributed by atoms with E-state index in [1.54, 1.807) is 0 Å². The van der Waals surface area contributed by atoms with Crippen LogP contribution in [0, 0.1) is 29.1 Å². The van der Waals surface area contributed by atoms with E-state index in [0.717, 1.165) is 23.7 Å². The maximum Gasteiger partial charge on any atom is 0.0206 e. The second kappa shape index (κ2) is 6.55. The Morgan fingerprint density at radius 3 is 1.88 bits per heavy atom. The molecule has 3 heteroatoms. The molecule has 3 aliphatic heterocycles. The summed E-state index contributed by atoms with van der Waals surface area (Å²) in [4.78, 5) is 8.04. The minimum absolute atomic E-state index is 0.390. The molecule has 3 aliphatic rings. The summed E-state index contributed by atoms with van der Waals surface area (Å²) in [5, 5.41) is 0. The van der Waals surface area contributed by atoms with E-state index in [-0.39, 0.29) is 0 Å². The topological polar surface area (TPSA) is 9.72 Å². The van der Waals surface area contributed by atoms with Crippen molar-refractivity contribution in [3.05, 3.63) is 0 Å². The maximum absolute atomic E-state index is 2.75. The van der Waals surface area contributed by atoms with Gasteiger partial charge in [0.15, 0.2) is 0 Å². The summed E-state index contributed by atoms with van der Waals surface area (Å²) in [6, 6.07) is 0. The van der Waals surface area contributed by atoms with Crippen LogP contribution in [0.25, 0.3) is 0 Å². The van der Waals surface area contributed by atoms with E-state index in [2.05, 4.69) is 63.2 Å². The minimum Gasteiger partial charge on any atom is -0.303 e. The molecule has 0 unspecified atom stereocenters. The first-order valence-corrected chi connectivity index (χ1v) is 10.3. The van der Waals surface area contributed by atoms with Crippen LogP contribution in [0.2, 0.25) is 0 Å². The van der Waals surface area contributed by atoms with E-state index < -0.39 is 0 Å². The maximum atomic E-state index is 2.75. The third-order valence-electron chi connectivity index (χ3n) is 7.76. The highest BCUT2D eigenvalue weighted by atomic mass is 15.3. The van der Waals surface area contributed by atoms with Crippen molar-refractivity contribution in [2.45, 2.75) is 54.0 Å². The van der Waals surface area contributed by atoms with E-state index >= 15 is 0 Å². The lowest BCUT2D eigenvalue weighted by Crippen LogP contribution is -2.68. The number of hydrogen-bond acceptors (Lipinski definition) is 3. The summed E-state index contributed by atoms with van der Waals surface area (Å²) < 4.78 is 0. The first-order chi connectivity index (χ1) is 11.1. The van der Waals surface area contributed by atoms with Gasteiger partial charge in [-0.15, -0.1) is 0 Å². The monoisotopic (exact) mass is 335 g/mol. The Balaban J connectivity index is 1.42. The van der Waals surface area contributed by atoms with Crippen LogP contribution in [-0.4, -0.2) is 72.6 Å². The smallest absolute Gasteiger partial charge is 0.0206 e. The van der Waals surface area contributed by atoms with Gasteiger partial charge >= 0.3 is 0 Å². The van der Waals surface area contributed by atoms with Crippen LogP contribution in [0.5, 0.6) is 0 Å². The molecule has 3 heterocycles. The van der Waals surface area contributed by atoms with Gasteiger partial charge in [0.2, 0.25) is 0 Å². The van der Waals surface area contributed by atoms with Crippen LogP contribution in [-0.2, 0) is 0 Å². The minimum atomic E-state index is 0.390. The second-order valence-electron chi connectivity index (χ2n) is 10.5. The Morgan fingerprint density at radius 2 is 1.38 bits per heavy atom. The lowest BCUT2D eigenvalue weighted by atomic mass is 9.71. The Labute approximate surface area is 150 Å². The van der Waals surface area contributed by atoms with Crippen molar-refractivity contribution in [2.75, 3.05) is 52.4 Å². The largest absolute Gasteiger partial charge is 0.303 e. The van der Waals surface area contributed by atoms with Crippen LogP contribution in [0.15, 0.2) is 0 Å². The molecule has 3 saturated heterocycles. The third kappa shape index (κ3) is 3.41. The van der Waals surface area contributed by atoms with Crippen LogP contribution < -0.4 is 0 Å². The predicted molar refractivity (Wildman–Crippen MR) is 103 cm³/mol. The van der Waals surface area contributed by atoms with Gasteiger partial charge in [0, 0.05) is 57.3 Å². The standard InChI is InChI=1S/C21H41N3/c1-8-22-11-18(12-22)20(4,5)15-23-13-19(14-23)21(6,7)24-9-17(10-24)16(2)3/h16-19H,8-15H2,1-7H3. The van der Waals surface area contributed by atoms with Crippen molar-refractivity contribution in [3.8, 4) is 0 Å². The molecule has 0 aromatic rings. The van der Waals surface area contributed by atoms with Gasteiger partial charge in [-0.1, -0.05) is 34.6 Å². The quantitative estimate of drug-likeness (QED) is 0.707. The number of hydrogen-bond donors (Lipinski definition) is 0. The number of rotatable bonds is 7. The first kappa shape index (κ1) is 18.7. The highest BCUT2D eigenvalue weighted by Gasteiger charge is 2.48. The lowest BCUT2D eigenvalue weighted by Gasteiger charge is -2.59. The molecular formula is C21H41N3. The molecule has 0 amide bonds. The molecule has 0 radical (unpaired) electrons. The van der Waals surface area contributed by atoms with E-state index in [4.69, 9.17) is 0 Å². The van der Waals surface area contributed by atoms with Crippen molar-refractivity contribution in [1.29, 1.82) is 0 Å². The second-order valence-corrected chi connectivity index (χ2v) is 10.5.